The van der Waals surface area contributed by atoms with Crippen LogP contribution in [0, 0.1) is 11.6 Å². The molecule has 1 rings (SSSR count). The molecule has 0 fully saturated rings. The third-order valence-electron chi connectivity index (χ3n) is 1.69. The Morgan fingerprint density at radius 2 is 1.31 bits per heavy atom. The first-order chi connectivity index (χ1) is 7.29. The van der Waals surface area contributed by atoms with Crippen LogP contribution in [0.3, 0.4) is 0 Å². The Morgan fingerprint density at radius 3 is 1.69 bits per heavy atom. The molecule has 0 aliphatic heterocycles. The highest BCUT2D eigenvalue weighted by molar-refractivity contribution is 6.44. The van der Waals surface area contributed by atoms with E-state index in [4.69, 9.17) is 33.4 Å². The Kier molecular flexibility index (Phi) is 3.35. The van der Waals surface area contributed by atoms with Crippen LogP contribution in [-0.4, -0.2) is 22.2 Å². The number of hydrogen-bond acceptors (Lipinski definition) is 2. The molecular formula is C8H2Cl2F2O4. The Balaban J connectivity index is 3.83. The molecule has 1 aromatic carbocycles. The average Bonchev–Trinajstić information content (AvgIpc) is 2.18. The van der Waals surface area contributed by atoms with Gasteiger partial charge in [0.2, 0.25) is 0 Å². The van der Waals surface area contributed by atoms with Crippen molar-refractivity contribution in [2.45, 2.75) is 0 Å². The van der Waals surface area contributed by atoms with Crippen LogP contribution in [0.15, 0.2) is 0 Å². The summed E-state index contributed by atoms with van der Waals surface area (Å²) in [5.74, 6) is -7.33. The normalized spacial score (nSPS) is 10.2. The van der Waals surface area contributed by atoms with Crippen molar-refractivity contribution in [1.29, 1.82) is 0 Å². The molecule has 0 aromatic heterocycles. The molecule has 0 radical (unpaired) electrons. The number of hydrogen-bond donors (Lipinski definition) is 2. The summed E-state index contributed by atoms with van der Waals surface area (Å²) in [6, 6.07) is 0. The SMILES string of the molecule is O=C(O)c1c(F)c(F)c(Cl)c(Cl)c1C(=O)O. The van der Waals surface area contributed by atoms with Crippen LogP contribution in [0.4, 0.5) is 8.78 Å². The highest BCUT2D eigenvalue weighted by atomic mass is 35.5. The van der Waals surface area contributed by atoms with Gasteiger partial charge in [-0.3, -0.25) is 0 Å². The lowest BCUT2D eigenvalue weighted by molar-refractivity contribution is 0.0646. The van der Waals surface area contributed by atoms with E-state index in [1.807, 2.05) is 0 Å². The molecule has 0 heterocycles. The van der Waals surface area contributed by atoms with Crippen molar-refractivity contribution in [2.24, 2.45) is 0 Å². The van der Waals surface area contributed by atoms with Crippen molar-refractivity contribution in [3.05, 3.63) is 32.8 Å². The van der Waals surface area contributed by atoms with E-state index in [-0.39, 0.29) is 0 Å². The van der Waals surface area contributed by atoms with Gasteiger partial charge in [0.1, 0.15) is 5.56 Å². The number of benzene rings is 1. The maximum atomic E-state index is 13.2. The summed E-state index contributed by atoms with van der Waals surface area (Å²) in [6.07, 6.45) is 0. The summed E-state index contributed by atoms with van der Waals surface area (Å²) in [4.78, 5) is 21.3. The largest absolute Gasteiger partial charge is 0.478 e. The van der Waals surface area contributed by atoms with E-state index in [9.17, 15) is 18.4 Å². The molecule has 86 valence electrons. The van der Waals surface area contributed by atoms with Gasteiger partial charge >= 0.3 is 11.9 Å². The fourth-order valence-corrected chi connectivity index (χ4v) is 1.47. The van der Waals surface area contributed by atoms with Gasteiger partial charge in [0.15, 0.2) is 11.6 Å². The van der Waals surface area contributed by atoms with Crippen LogP contribution in [0.5, 0.6) is 0 Å². The van der Waals surface area contributed by atoms with E-state index < -0.39 is 44.7 Å². The van der Waals surface area contributed by atoms with E-state index in [1.54, 1.807) is 0 Å². The molecule has 0 amide bonds. The molecule has 0 bridgehead atoms. The fourth-order valence-electron chi connectivity index (χ4n) is 1.03. The van der Waals surface area contributed by atoms with Gasteiger partial charge in [0.05, 0.1) is 15.6 Å². The average molecular weight is 271 g/mol. The van der Waals surface area contributed by atoms with Crippen molar-refractivity contribution in [1.82, 2.24) is 0 Å². The number of aromatic carboxylic acids is 2. The van der Waals surface area contributed by atoms with Crippen LogP contribution in [-0.2, 0) is 0 Å². The Labute approximate surface area is 97.0 Å². The topological polar surface area (TPSA) is 74.6 Å². The smallest absolute Gasteiger partial charge is 0.339 e. The van der Waals surface area contributed by atoms with Crippen LogP contribution in [0.1, 0.15) is 20.7 Å². The Morgan fingerprint density at radius 1 is 0.875 bits per heavy atom. The number of rotatable bonds is 2. The van der Waals surface area contributed by atoms with Gasteiger partial charge in [0.25, 0.3) is 0 Å². The van der Waals surface area contributed by atoms with Crippen molar-refractivity contribution < 1.29 is 28.6 Å². The van der Waals surface area contributed by atoms with Gasteiger partial charge < -0.3 is 10.2 Å². The quantitative estimate of drug-likeness (QED) is 0.640. The number of halogens is 4. The number of carbonyl (C=O) groups is 2. The summed E-state index contributed by atoms with van der Waals surface area (Å²) >= 11 is 10.5. The molecular weight excluding hydrogens is 269 g/mol. The van der Waals surface area contributed by atoms with Gasteiger partial charge in [-0.1, -0.05) is 23.2 Å². The van der Waals surface area contributed by atoms with Gasteiger partial charge in [-0.25, -0.2) is 18.4 Å². The van der Waals surface area contributed by atoms with Gasteiger partial charge in [-0.05, 0) is 0 Å². The predicted octanol–water partition coefficient (Wildman–Crippen LogP) is 2.67. The minimum absolute atomic E-state index is 0.856. The van der Waals surface area contributed by atoms with E-state index in [0.717, 1.165) is 0 Å². The Hall–Kier alpha value is -1.40. The molecule has 0 atom stereocenters. The van der Waals surface area contributed by atoms with Crippen molar-refractivity contribution in [3.8, 4) is 0 Å². The van der Waals surface area contributed by atoms with Crippen LogP contribution in [0.25, 0.3) is 0 Å². The maximum absolute atomic E-state index is 13.2. The Bertz CT molecular complexity index is 457. The minimum atomic E-state index is -1.95. The van der Waals surface area contributed by atoms with Crippen LogP contribution >= 0.6 is 23.2 Å². The first kappa shape index (κ1) is 12.7. The lowest BCUT2D eigenvalue weighted by atomic mass is 10.1. The number of carboxylic acid groups (broad SMARTS) is 2. The molecule has 0 saturated carbocycles. The lowest BCUT2D eigenvalue weighted by Crippen LogP contribution is -2.13. The number of carboxylic acids is 2. The summed E-state index contributed by atoms with van der Waals surface area (Å²) in [6.45, 7) is 0. The molecule has 0 aliphatic carbocycles. The highest BCUT2D eigenvalue weighted by Crippen LogP contribution is 2.33. The highest BCUT2D eigenvalue weighted by Gasteiger charge is 2.30. The summed E-state index contributed by atoms with van der Waals surface area (Å²) in [5.41, 5.74) is -2.45. The molecule has 2 N–H and O–H groups in total. The first-order valence-corrected chi connectivity index (χ1v) is 4.37. The van der Waals surface area contributed by atoms with Gasteiger partial charge in [-0.2, -0.15) is 0 Å². The van der Waals surface area contributed by atoms with Crippen molar-refractivity contribution in [3.63, 3.8) is 0 Å². The van der Waals surface area contributed by atoms with Crippen molar-refractivity contribution in [2.75, 3.05) is 0 Å². The van der Waals surface area contributed by atoms with Crippen LogP contribution in [0.2, 0.25) is 10.0 Å². The second-order valence-corrected chi connectivity index (χ2v) is 3.37. The summed E-state index contributed by atoms with van der Waals surface area (Å²) in [7, 11) is 0. The zero-order valence-electron chi connectivity index (χ0n) is 7.22. The molecule has 8 heteroatoms. The van der Waals surface area contributed by atoms with Gasteiger partial charge in [0, 0.05) is 0 Å². The van der Waals surface area contributed by atoms with E-state index in [2.05, 4.69) is 0 Å². The molecule has 1 aromatic rings. The molecule has 4 nitrogen and oxygen atoms in total. The standard InChI is InChI=1S/C8H2Cl2F2O4/c9-3-1(7(13)14)2(8(15)16)5(11)6(12)4(3)10/h(H,13,14)(H,15,16). The zero-order chi connectivity index (χ0) is 12.6. The maximum Gasteiger partial charge on any atom is 0.339 e. The summed E-state index contributed by atoms with van der Waals surface area (Å²) < 4.78 is 26.2. The van der Waals surface area contributed by atoms with E-state index in [0.29, 0.717) is 0 Å². The third-order valence-corrected chi connectivity index (χ3v) is 2.52. The van der Waals surface area contributed by atoms with E-state index >= 15 is 0 Å². The molecule has 0 unspecified atom stereocenters. The molecule has 16 heavy (non-hydrogen) atoms. The second-order valence-electron chi connectivity index (χ2n) is 2.62. The zero-order valence-corrected chi connectivity index (χ0v) is 8.73. The monoisotopic (exact) mass is 270 g/mol. The third kappa shape index (κ3) is 1.81. The van der Waals surface area contributed by atoms with Crippen molar-refractivity contribution >= 4 is 35.1 Å². The fraction of sp³-hybridized carbons (Fsp3) is 0. The molecule has 0 saturated heterocycles. The molecule has 0 spiro atoms. The van der Waals surface area contributed by atoms with Crippen LogP contribution < -0.4 is 0 Å². The molecule has 0 aliphatic rings. The summed E-state index contributed by atoms with van der Waals surface area (Å²) in [5, 5.41) is 15.4. The minimum Gasteiger partial charge on any atom is -0.478 e. The lowest BCUT2D eigenvalue weighted by Gasteiger charge is -2.08. The van der Waals surface area contributed by atoms with E-state index in [1.165, 1.54) is 0 Å². The first-order valence-electron chi connectivity index (χ1n) is 3.61. The van der Waals surface area contributed by atoms with Gasteiger partial charge in [-0.15, -0.1) is 0 Å². The second kappa shape index (κ2) is 4.23. The predicted molar refractivity (Wildman–Crippen MR) is 50.3 cm³/mol.